The lowest BCUT2D eigenvalue weighted by Crippen LogP contribution is -2.01. The summed E-state index contributed by atoms with van der Waals surface area (Å²) in [6.45, 7) is 0. The van der Waals surface area contributed by atoms with E-state index in [2.05, 4.69) is 0 Å². The number of alkyl halides is 1. The lowest BCUT2D eigenvalue weighted by Gasteiger charge is -2.00. The second kappa shape index (κ2) is 4.88. The van der Waals surface area contributed by atoms with E-state index in [4.69, 9.17) is 11.6 Å². The monoisotopic (exact) mass is 236 g/mol. The van der Waals surface area contributed by atoms with Crippen molar-refractivity contribution in [3.8, 4) is 0 Å². The number of halogens is 1. The molecule has 0 aliphatic heterocycles. The molecule has 0 bridgehead atoms. The molecule has 72 valence electrons. The molecule has 0 spiro atoms. The molecule has 0 radical (unpaired) electrons. The second-order valence-electron chi connectivity index (χ2n) is 2.35. The van der Waals surface area contributed by atoms with Crippen molar-refractivity contribution in [2.75, 3.05) is 11.6 Å². The Morgan fingerprint density at radius 2 is 1.85 bits per heavy atom. The SMILES string of the molecule is O=S(=O)(CCCl)Sc1ccccc1. The van der Waals surface area contributed by atoms with Crippen molar-refractivity contribution < 1.29 is 8.42 Å². The fraction of sp³-hybridized carbons (Fsp3) is 0.250. The van der Waals surface area contributed by atoms with Crippen molar-refractivity contribution in [1.82, 2.24) is 0 Å². The highest BCUT2D eigenvalue weighted by Crippen LogP contribution is 2.24. The van der Waals surface area contributed by atoms with Gasteiger partial charge in [0.15, 0.2) is 0 Å². The smallest absolute Gasteiger partial charge is 0.207 e. The standard InChI is InChI=1S/C8H9ClO2S2/c9-6-7-13(10,11)12-8-4-2-1-3-5-8/h1-5H,6-7H2. The van der Waals surface area contributed by atoms with Gasteiger partial charge in [-0.15, -0.1) is 11.6 Å². The third-order valence-electron chi connectivity index (χ3n) is 1.29. The van der Waals surface area contributed by atoms with Crippen LogP contribution in [0.3, 0.4) is 0 Å². The molecular weight excluding hydrogens is 228 g/mol. The van der Waals surface area contributed by atoms with Gasteiger partial charge in [0.1, 0.15) is 0 Å². The lowest BCUT2D eigenvalue weighted by atomic mass is 10.4. The molecule has 0 N–H and O–H groups in total. The van der Waals surface area contributed by atoms with Crippen LogP contribution in [0.1, 0.15) is 0 Å². The minimum absolute atomic E-state index is 0.00805. The molecule has 0 aliphatic rings. The molecule has 1 rings (SSSR count). The van der Waals surface area contributed by atoms with Crippen LogP contribution in [0.15, 0.2) is 35.2 Å². The fourth-order valence-corrected chi connectivity index (χ4v) is 4.19. The van der Waals surface area contributed by atoms with Crippen molar-refractivity contribution in [1.29, 1.82) is 0 Å². The van der Waals surface area contributed by atoms with Gasteiger partial charge in [-0.2, -0.15) is 0 Å². The maximum absolute atomic E-state index is 11.3. The highest BCUT2D eigenvalue weighted by molar-refractivity contribution is 8.72. The van der Waals surface area contributed by atoms with Crippen molar-refractivity contribution in [3.05, 3.63) is 30.3 Å². The largest absolute Gasteiger partial charge is 0.217 e. The van der Waals surface area contributed by atoms with Crippen LogP contribution in [0.4, 0.5) is 0 Å². The van der Waals surface area contributed by atoms with Crippen LogP contribution in [0.2, 0.25) is 0 Å². The highest BCUT2D eigenvalue weighted by Gasteiger charge is 2.11. The Balaban J connectivity index is 2.70. The molecule has 2 nitrogen and oxygen atoms in total. The van der Waals surface area contributed by atoms with Crippen molar-refractivity contribution >= 4 is 31.3 Å². The Morgan fingerprint density at radius 1 is 1.23 bits per heavy atom. The minimum Gasteiger partial charge on any atom is -0.217 e. The Hall–Kier alpha value is -0.190. The van der Waals surface area contributed by atoms with E-state index < -0.39 is 8.87 Å². The van der Waals surface area contributed by atoms with E-state index in [1.807, 2.05) is 6.07 Å². The predicted octanol–water partition coefficient (Wildman–Crippen LogP) is 2.35. The van der Waals surface area contributed by atoms with Gasteiger partial charge in [-0.3, -0.25) is 0 Å². The van der Waals surface area contributed by atoms with Crippen LogP contribution in [-0.2, 0) is 8.87 Å². The van der Waals surface area contributed by atoms with Gasteiger partial charge in [-0.25, -0.2) is 8.42 Å². The summed E-state index contributed by atoms with van der Waals surface area (Å²) in [5, 5.41) is 0. The Bertz CT molecular complexity index is 348. The van der Waals surface area contributed by atoms with Crippen LogP contribution < -0.4 is 0 Å². The summed E-state index contributed by atoms with van der Waals surface area (Å²) in [7, 11) is -2.24. The summed E-state index contributed by atoms with van der Waals surface area (Å²) >= 11 is 5.36. The van der Waals surface area contributed by atoms with E-state index in [1.165, 1.54) is 0 Å². The van der Waals surface area contributed by atoms with Gasteiger partial charge < -0.3 is 0 Å². The summed E-state index contributed by atoms with van der Waals surface area (Å²) in [6.07, 6.45) is 0. The van der Waals surface area contributed by atoms with E-state index in [0.717, 1.165) is 15.7 Å². The number of hydrogen-bond donors (Lipinski definition) is 0. The summed E-state index contributed by atoms with van der Waals surface area (Å²) < 4.78 is 22.6. The minimum atomic E-state index is -3.10. The summed E-state index contributed by atoms with van der Waals surface area (Å²) in [5.41, 5.74) is 0. The number of rotatable bonds is 4. The van der Waals surface area contributed by atoms with Crippen molar-refractivity contribution in [3.63, 3.8) is 0 Å². The van der Waals surface area contributed by atoms with Crippen molar-refractivity contribution in [2.24, 2.45) is 0 Å². The molecule has 0 heterocycles. The van der Waals surface area contributed by atoms with Gasteiger partial charge in [0.05, 0.1) is 5.75 Å². The molecule has 0 aromatic heterocycles. The quantitative estimate of drug-likeness (QED) is 0.595. The predicted molar refractivity (Wildman–Crippen MR) is 56.8 cm³/mol. The van der Waals surface area contributed by atoms with Crippen LogP contribution in [0.25, 0.3) is 0 Å². The zero-order valence-corrected chi connectivity index (χ0v) is 9.20. The molecule has 0 aliphatic carbocycles. The normalized spacial score (nSPS) is 11.5. The number of benzene rings is 1. The molecular formula is C8H9ClO2S2. The molecule has 5 heteroatoms. The van der Waals surface area contributed by atoms with Gasteiger partial charge in [-0.05, 0) is 12.1 Å². The summed E-state index contributed by atoms with van der Waals surface area (Å²) in [5.74, 6) is 0.149. The molecule has 0 amide bonds. The van der Waals surface area contributed by atoms with Gasteiger partial charge >= 0.3 is 0 Å². The van der Waals surface area contributed by atoms with E-state index in [0.29, 0.717) is 0 Å². The summed E-state index contributed by atoms with van der Waals surface area (Å²) in [4.78, 5) is 0.729. The Labute approximate surface area is 86.6 Å². The molecule has 0 fully saturated rings. The van der Waals surface area contributed by atoms with E-state index in [-0.39, 0.29) is 11.6 Å². The first kappa shape index (κ1) is 10.9. The van der Waals surface area contributed by atoms with Gasteiger partial charge in [0, 0.05) is 21.6 Å². The molecule has 0 atom stereocenters. The van der Waals surface area contributed by atoms with E-state index >= 15 is 0 Å². The zero-order valence-electron chi connectivity index (χ0n) is 6.81. The van der Waals surface area contributed by atoms with E-state index in [9.17, 15) is 8.42 Å². The highest BCUT2D eigenvalue weighted by atomic mass is 35.5. The first-order valence-electron chi connectivity index (χ1n) is 3.67. The first-order valence-corrected chi connectivity index (χ1v) is 7.19. The van der Waals surface area contributed by atoms with Crippen LogP contribution in [0, 0.1) is 0 Å². The van der Waals surface area contributed by atoms with Crippen LogP contribution in [0.5, 0.6) is 0 Å². The molecule has 13 heavy (non-hydrogen) atoms. The average molecular weight is 237 g/mol. The number of hydrogen-bond acceptors (Lipinski definition) is 3. The topological polar surface area (TPSA) is 34.1 Å². The fourth-order valence-electron chi connectivity index (χ4n) is 0.759. The molecule has 0 unspecified atom stereocenters. The maximum Gasteiger partial charge on any atom is 0.207 e. The first-order chi connectivity index (χ1) is 6.14. The average Bonchev–Trinajstić information content (AvgIpc) is 2.04. The van der Waals surface area contributed by atoms with Gasteiger partial charge in [0.25, 0.3) is 0 Å². The van der Waals surface area contributed by atoms with Gasteiger partial charge in [-0.1, -0.05) is 18.2 Å². The molecule has 1 aromatic carbocycles. The zero-order chi connectivity index (χ0) is 9.73. The maximum atomic E-state index is 11.3. The van der Waals surface area contributed by atoms with Crippen LogP contribution in [-0.4, -0.2) is 20.1 Å². The molecule has 1 aromatic rings. The molecule has 0 saturated heterocycles. The summed E-state index contributed by atoms with van der Waals surface area (Å²) in [6, 6.07) is 8.97. The molecule has 0 saturated carbocycles. The van der Waals surface area contributed by atoms with Crippen LogP contribution >= 0.6 is 22.4 Å². The third-order valence-corrected chi connectivity index (χ3v) is 4.97. The Morgan fingerprint density at radius 3 is 2.38 bits per heavy atom. The third kappa shape index (κ3) is 4.02. The lowest BCUT2D eigenvalue weighted by molar-refractivity contribution is 0.611. The van der Waals surface area contributed by atoms with Crippen molar-refractivity contribution in [2.45, 2.75) is 4.90 Å². The Kier molecular flexibility index (Phi) is 4.09. The van der Waals surface area contributed by atoms with Gasteiger partial charge in [0.2, 0.25) is 8.87 Å². The second-order valence-corrected chi connectivity index (χ2v) is 6.91. The van der Waals surface area contributed by atoms with E-state index in [1.54, 1.807) is 24.3 Å².